The van der Waals surface area contributed by atoms with Gasteiger partial charge < -0.3 is 15.1 Å². The first-order chi connectivity index (χ1) is 9.69. The van der Waals surface area contributed by atoms with Gasteiger partial charge in [-0.2, -0.15) is 0 Å². The summed E-state index contributed by atoms with van der Waals surface area (Å²) < 4.78 is 0. The van der Waals surface area contributed by atoms with Crippen LogP contribution in [0, 0.1) is 0 Å². The summed E-state index contributed by atoms with van der Waals surface area (Å²) in [5, 5.41) is 4.70. The van der Waals surface area contributed by atoms with E-state index in [0.29, 0.717) is 12.1 Å². The second-order valence-electron chi connectivity index (χ2n) is 6.20. The van der Waals surface area contributed by atoms with Crippen molar-refractivity contribution in [3.8, 4) is 0 Å². The van der Waals surface area contributed by atoms with E-state index >= 15 is 0 Å². The number of thiazole rings is 1. The van der Waals surface area contributed by atoms with Crippen LogP contribution in [0.1, 0.15) is 42.8 Å². The predicted octanol–water partition coefficient (Wildman–Crippen LogP) is 2.27. The first-order valence-electron chi connectivity index (χ1n) is 7.81. The lowest BCUT2D eigenvalue weighted by Crippen LogP contribution is -2.37. The Balaban J connectivity index is 1.85. The van der Waals surface area contributed by atoms with Crippen molar-refractivity contribution in [2.45, 2.75) is 44.7 Å². The molecular weight excluding hydrogens is 268 g/mol. The number of fused-ring (bicyclic) bond motifs is 1. The molecule has 1 N–H and O–H groups in total. The predicted molar refractivity (Wildman–Crippen MR) is 85.8 cm³/mol. The molecular formula is C15H26N4S. The number of anilines is 1. The minimum atomic E-state index is 0.523. The Morgan fingerprint density at radius 2 is 2.15 bits per heavy atom. The second kappa shape index (κ2) is 6.00. The highest BCUT2D eigenvalue weighted by atomic mass is 32.1. The second-order valence-corrected chi connectivity index (χ2v) is 7.21. The average molecular weight is 294 g/mol. The number of rotatable bonds is 2. The van der Waals surface area contributed by atoms with Crippen molar-refractivity contribution in [3.63, 3.8) is 0 Å². The van der Waals surface area contributed by atoms with E-state index in [0.717, 1.165) is 19.5 Å². The topological polar surface area (TPSA) is 31.4 Å². The van der Waals surface area contributed by atoms with Crippen molar-refractivity contribution < 1.29 is 0 Å². The summed E-state index contributed by atoms with van der Waals surface area (Å²) in [6.45, 7) is 5.81. The largest absolute Gasteiger partial charge is 0.344 e. The van der Waals surface area contributed by atoms with Crippen LogP contribution in [0.2, 0.25) is 0 Å². The van der Waals surface area contributed by atoms with Crippen LogP contribution in [0.25, 0.3) is 0 Å². The summed E-state index contributed by atoms with van der Waals surface area (Å²) in [5.74, 6) is 0. The van der Waals surface area contributed by atoms with Gasteiger partial charge in [0.25, 0.3) is 0 Å². The molecule has 1 aromatic rings. The molecule has 1 fully saturated rings. The highest BCUT2D eigenvalue weighted by Gasteiger charge is 2.27. The molecule has 1 aliphatic carbocycles. The zero-order valence-electron chi connectivity index (χ0n) is 12.9. The van der Waals surface area contributed by atoms with Gasteiger partial charge in [-0.3, -0.25) is 0 Å². The molecule has 3 rings (SSSR count). The molecule has 0 saturated carbocycles. The van der Waals surface area contributed by atoms with Gasteiger partial charge >= 0.3 is 0 Å². The van der Waals surface area contributed by atoms with E-state index in [1.165, 1.54) is 41.5 Å². The van der Waals surface area contributed by atoms with E-state index in [9.17, 15) is 0 Å². The molecule has 20 heavy (non-hydrogen) atoms. The van der Waals surface area contributed by atoms with Gasteiger partial charge in [0.2, 0.25) is 0 Å². The Morgan fingerprint density at radius 3 is 2.95 bits per heavy atom. The molecule has 0 spiro atoms. The van der Waals surface area contributed by atoms with Gasteiger partial charge in [-0.25, -0.2) is 4.98 Å². The maximum absolute atomic E-state index is 4.98. The van der Waals surface area contributed by atoms with Crippen molar-refractivity contribution in [1.82, 2.24) is 15.2 Å². The molecule has 0 radical (unpaired) electrons. The fourth-order valence-corrected chi connectivity index (χ4v) is 4.85. The maximum atomic E-state index is 4.98. The van der Waals surface area contributed by atoms with Gasteiger partial charge in [-0.05, 0) is 53.2 Å². The fourth-order valence-electron chi connectivity index (χ4n) is 3.46. The quantitative estimate of drug-likeness (QED) is 0.907. The molecule has 0 bridgehead atoms. The first-order valence-corrected chi connectivity index (χ1v) is 8.62. The van der Waals surface area contributed by atoms with Crippen molar-refractivity contribution in [1.29, 1.82) is 0 Å². The summed E-state index contributed by atoms with van der Waals surface area (Å²) in [7, 11) is 4.30. The van der Waals surface area contributed by atoms with Gasteiger partial charge in [-0.15, -0.1) is 0 Å². The van der Waals surface area contributed by atoms with Crippen LogP contribution in [-0.2, 0) is 6.42 Å². The third-order valence-corrected chi connectivity index (χ3v) is 5.83. The van der Waals surface area contributed by atoms with E-state index in [-0.39, 0.29) is 0 Å². The Morgan fingerprint density at radius 1 is 1.30 bits per heavy atom. The Hall–Kier alpha value is -0.650. The van der Waals surface area contributed by atoms with Gasteiger partial charge in [0, 0.05) is 30.1 Å². The molecule has 2 aliphatic rings. The standard InChI is InChI=1S/C15H26N4S/c1-11-10-18(3)8-5-9-19(11)15-17-13-7-4-6-12(16-2)14(13)20-15/h11-12,16H,4-10H2,1-3H3. The number of aryl methyl sites for hydroxylation is 1. The number of nitrogens with zero attached hydrogens (tertiary/aromatic N) is 3. The Bertz CT molecular complexity index is 459. The summed E-state index contributed by atoms with van der Waals surface area (Å²) in [4.78, 5) is 11.4. The van der Waals surface area contributed by atoms with Crippen LogP contribution in [0.3, 0.4) is 0 Å². The summed E-state index contributed by atoms with van der Waals surface area (Å²) >= 11 is 1.92. The SMILES string of the molecule is CNC1CCCc2nc(N3CCCN(C)CC3C)sc21. The zero-order valence-corrected chi connectivity index (χ0v) is 13.7. The van der Waals surface area contributed by atoms with Crippen molar-refractivity contribution in [2.75, 3.05) is 38.6 Å². The van der Waals surface area contributed by atoms with Crippen LogP contribution < -0.4 is 10.2 Å². The number of aromatic nitrogens is 1. The smallest absolute Gasteiger partial charge is 0.186 e. The minimum Gasteiger partial charge on any atom is -0.344 e. The monoisotopic (exact) mass is 294 g/mol. The molecule has 0 amide bonds. The van der Waals surface area contributed by atoms with Gasteiger partial charge in [0.1, 0.15) is 0 Å². The van der Waals surface area contributed by atoms with Crippen molar-refractivity contribution in [3.05, 3.63) is 10.6 Å². The third kappa shape index (κ3) is 2.71. The highest BCUT2D eigenvalue weighted by molar-refractivity contribution is 7.15. The lowest BCUT2D eigenvalue weighted by atomic mass is 9.98. The van der Waals surface area contributed by atoms with Crippen LogP contribution in [-0.4, -0.2) is 49.7 Å². The van der Waals surface area contributed by atoms with Gasteiger partial charge in [0.05, 0.1) is 5.69 Å². The third-order valence-electron chi connectivity index (χ3n) is 4.58. The summed E-state index contributed by atoms with van der Waals surface area (Å²) in [6.07, 6.45) is 4.91. The maximum Gasteiger partial charge on any atom is 0.186 e. The highest BCUT2D eigenvalue weighted by Crippen LogP contribution is 2.38. The molecule has 1 aliphatic heterocycles. The number of hydrogen-bond acceptors (Lipinski definition) is 5. The van der Waals surface area contributed by atoms with E-state index in [4.69, 9.17) is 4.98 Å². The zero-order chi connectivity index (χ0) is 14.1. The van der Waals surface area contributed by atoms with E-state index < -0.39 is 0 Å². The molecule has 1 aromatic heterocycles. The number of hydrogen-bond donors (Lipinski definition) is 1. The van der Waals surface area contributed by atoms with Gasteiger partial charge in [-0.1, -0.05) is 11.3 Å². The Labute approximate surface area is 126 Å². The average Bonchev–Trinajstić information content (AvgIpc) is 2.78. The van der Waals surface area contributed by atoms with Crippen molar-refractivity contribution in [2.24, 2.45) is 0 Å². The molecule has 112 valence electrons. The molecule has 2 heterocycles. The molecule has 2 atom stereocenters. The van der Waals surface area contributed by atoms with Gasteiger partial charge in [0.15, 0.2) is 5.13 Å². The van der Waals surface area contributed by atoms with E-state index in [1.54, 1.807) is 0 Å². The van der Waals surface area contributed by atoms with Crippen molar-refractivity contribution >= 4 is 16.5 Å². The lowest BCUT2D eigenvalue weighted by Gasteiger charge is -2.27. The lowest BCUT2D eigenvalue weighted by molar-refractivity contribution is 0.337. The van der Waals surface area contributed by atoms with Crippen LogP contribution in [0.5, 0.6) is 0 Å². The molecule has 0 aromatic carbocycles. The number of likely N-dealkylation sites (N-methyl/N-ethyl adjacent to an activating group) is 1. The first kappa shape index (κ1) is 14.3. The van der Waals surface area contributed by atoms with Crippen LogP contribution >= 0.6 is 11.3 Å². The minimum absolute atomic E-state index is 0.523. The normalized spacial score (nSPS) is 28.2. The van der Waals surface area contributed by atoms with Crippen LogP contribution in [0.4, 0.5) is 5.13 Å². The van der Waals surface area contributed by atoms with E-state index in [1.807, 2.05) is 11.3 Å². The van der Waals surface area contributed by atoms with E-state index in [2.05, 4.69) is 36.1 Å². The fraction of sp³-hybridized carbons (Fsp3) is 0.800. The molecule has 5 heteroatoms. The Kier molecular flexibility index (Phi) is 4.29. The number of nitrogens with one attached hydrogen (secondary N) is 1. The summed E-state index contributed by atoms with van der Waals surface area (Å²) in [5.41, 5.74) is 1.35. The summed E-state index contributed by atoms with van der Waals surface area (Å²) in [6, 6.07) is 1.08. The molecule has 2 unspecified atom stereocenters. The molecule has 4 nitrogen and oxygen atoms in total. The van der Waals surface area contributed by atoms with Crippen LogP contribution in [0.15, 0.2) is 0 Å². The molecule has 1 saturated heterocycles.